The molecule has 112 valence electrons. The molecule has 0 aliphatic heterocycles. The first-order valence-corrected chi connectivity index (χ1v) is 8.20. The Kier molecular flexibility index (Phi) is 4.61. The molecule has 1 rings (SSSR count). The van der Waals surface area contributed by atoms with E-state index >= 15 is 0 Å². The summed E-state index contributed by atoms with van der Waals surface area (Å²) in [7, 11) is -3.26. The standard InChI is InChI=1S/C14H22N2O3S/c1-13(2,20(4,18)19)10-16-12(17)14(3,15)11-8-6-5-7-9-11/h5-9H,10,15H2,1-4H3,(H,16,17). The Hall–Kier alpha value is -1.40. The molecule has 1 unspecified atom stereocenters. The van der Waals surface area contributed by atoms with E-state index in [4.69, 9.17) is 5.73 Å². The second-order valence-electron chi connectivity index (χ2n) is 5.78. The molecule has 0 heterocycles. The maximum Gasteiger partial charge on any atom is 0.244 e. The van der Waals surface area contributed by atoms with Gasteiger partial charge in [-0.25, -0.2) is 8.42 Å². The van der Waals surface area contributed by atoms with Gasteiger partial charge in [0.05, 0.1) is 4.75 Å². The van der Waals surface area contributed by atoms with E-state index in [0.29, 0.717) is 5.56 Å². The number of benzene rings is 1. The first-order chi connectivity index (χ1) is 8.98. The quantitative estimate of drug-likeness (QED) is 0.841. The molecule has 0 saturated heterocycles. The van der Waals surface area contributed by atoms with Crippen molar-refractivity contribution in [3.8, 4) is 0 Å². The lowest BCUT2D eigenvalue weighted by Crippen LogP contribution is -2.53. The Balaban J connectivity index is 2.83. The molecule has 0 bridgehead atoms. The summed E-state index contributed by atoms with van der Waals surface area (Å²) >= 11 is 0. The number of sulfone groups is 1. The Labute approximate surface area is 120 Å². The lowest BCUT2D eigenvalue weighted by molar-refractivity contribution is -0.126. The molecule has 1 amide bonds. The van der Waals surface area contributed by atoms with Crippen LogP contribution in [-0.2, 0) is 20.2 Å². The molecular weight excluding hydrogens is 276 g/mol. The predicted octanol–water partition coefficient (Wildman–Crippen LogP) is 0.800. The maximum atomic E-state index is 12.2. The third-order valence-electron chi connectivity index (χ3n) is 3.52. The Morgan fingerprint density at radius 3 is 2.15 bits per heavy atom. The molecule has 0 radical (unpaired) electrons. The van der Waals surface area contributed by atoms with Crippen LogP contribution in [0.15, 0.2) is 30.3 Å². The Morgan fingerprint density at radius 1 is 1.20 bits per heavy atom. The number of nitrogens with two attached hydrogens (primary N) is 1. The van der Waals surface area contributed by atoms with Crippen LogP contribution in [0.2, 0.25) is 0 Å². The number of hydrogen-bond acceptors (Lipinski definition) is 4. The summed E-state index contributed by atoms with van der Waals surface area (Å²) in [5, 5.41) is 2.63. The van der Waals surface area contributed by atoms with E-state index in [-0.39, 0.29) is 6.54 Å². The van der Waals surface area contributed by atoms with Crippen LogP contribution in [0, 0.1) is 0 Å². The van der Waals surface area contributed by atoms with Crippen LogP contribution in [-0.4, -0.2) is 31.9 Å². The van der Waals surface area contributed by atoms with Gasteiger partial charge in [0, 0.05) is 12.8 Å². The first-order valence-electron chi connectivity index (χ1n) is 6.31. The third-order valence-corrected chi connectivity index (χ3v) is 5.68. The monoisotopic (exact) mass is 298 g/mol. The fourth-order valence-corrected chi connectivity index (χ4v) is 1.86. The van der Waals surface area contributed by atoms with Crippen LogP contribution >= 0.6 is 0 Å². The van der Waals surface area contributed by atoms with Crippen LogP contribution in [0.4, 0.5) is 0 Å². The van der Waals surface area contributed by atoms with Crippen molar-refractivity contribution in [2.24, 2.45) is 5.73 Å². The van der Waals surface area contributed by atoms with Crippen molar-refractivity contribution >= 4 is 15.7 Å². The minimum absolute atomic E-state index is 0.0181. The molecule has 0 aliphatic carbocycles. The highest BCUT2D eigenvalue weighted by atomic mass is 32.2. The van der Waals surface area contributed by atoms with Gasteiger partial charge in [-0.3, -0.25) is 4.79 Å². The van der Waals surface area contributed by atoms with Gasteiger partial charge in [0.25, 0.3) is 0 Å². The molecule has 20 heavy (non-hydrogen) atoms. The van der Waals surface area contributed by atoms with Crippen molar-refractivity contribution in [1.82, 2.24) is 5.32 Å². The second kappa shape index (κ2) is 5.54. The van der Waals surface area contributed by atoms with Crippen molar-refractivity contribution in [3.63, 3.8) is 0 Å². The number of hydrogen-bond donors (Lipinski definition) is 2. The molecular formula is C14H22N2O3S. The summed E-state index contributed by atoms with van der Waals surface area (Å²) in [4.78, 5) is 12.2. The third kappa shape index (κ3) is 3.58. The maximum absolute atomic E-state index is 12.2. The van der Waals surface area contributed by atoms with Crippen molar-refractivity contribution < 1.29 is 13.2 Å². The number of nitrogens with one attached hydrogen (secondary N) is 1. The van der Waals surface area contributed by atoms with Crippen molar-refractivity contribution in [2.45, 2.75) is 31.1 Å². The van der Waals surface area contributed by atoms with Gasteiger partial charge in [-0.2, -0.15) is 0 Å². The zero-order chi connectivity index (χ0) is 15.6. The average molecular weight is 298 g/mol. The van der Waals surface area contributed by atoms with E-state index in [1.165, 1.54) is 0 Å². The van der Waals surface area contributed by atoms with Crippen molar-refractivity contribution in [3.05, 3.63) is 35.9 Å². The van der Waals surface area contributed by atoms with Crippen LogP contribution in [0.1, 0.15) is 26.3 Å². The highest BCUT2D eigenvalue weighted by Gasteiger charge is 2.35. The Morgan fingerprint density at radius 2 is 1.70 bits per heavy atom. The molecule has 5 nitrogen and oxygen atoms in total. The normalized spacial score (nSPS) is 15.4. The van der Waals surface area contributed by atoms with Crippen molar-refractivity contribution in [1.29, 1.82) is 0 Å². The van der Waals surface area contributed by atoms with E-state index < -0.39 is 26.0 Å². The van der Waals surface area contributed by atoms with Crippen LogP contribution in [0.25, 0.3) is 0 Å². The second-order valence-corrected chi connectivity index (χ2v) is 8.43. The minimum atomic E-state index is -3.26. The molecule has 1 aromatic carbocycles. The summed E-state index contributed by atoms with van der Waals surface area (Å²) in [6, 6.07) is 8.97. The summed E-state index contributed by atoms with van der Waals surface area (Å²) in [6.45, 7) is 4.76. The largest absolute Gasteiger partial charge is 0.353 e. The molecule has 1 aromatic rings. The Bertz CT molecular complexity index is 578. The summed E-state index contributed by atoms with van der Waals surface area (Å²) in [5.74, 6) is -0.402. The lowest BCUT2D eigenvalue weighted by atomic mass is 9.92. The summed E-state index contributed by atoms with van der Waals surface area (Å²) in [5.41, 5.74) is 5.53. The topological polar surface area (TPSA) is 89.3 Å². The molecule has 0 aliphatic rings. The smallest absolute Gasteiger partial charge is 0.244 e. The number of rotatable bonds is 5. The fourth-order valence-electron chi connectivity index (χ4n) is 1.52. The molecule has 0 spiro atoms. The summed E-state index contributed by atoms with van der Waals surface area (Å²) in [6.07, 6.45) is 1.15. The number of carbonyl (C=O) groups excluding carboxylic acids is 1. The fraction of sp³-hybridized carbons (Fsp3) is 0.500. The van der Waals surface area contributed by atoms with Gasteiger partial charge in [0.1, 0.15) is 5.54 Å². The molecule has 0 saturated carbocycles. The van der Waals surface area contributed by atoms with Gasteiger partial charge >= 0.3 is 0 Å². The van der Waals surface area contributed by atoms with Gasteiger partial charge in [-0.15, -0.1) is 0 Å². The van der Waals surface area contributed by atoms with Gasteiger partial charge in [0.2, 0.25) is 5.91 Å². The minimum Gasteiger partial charge on any atom is -0.353 e. The highest BCUT2D eigenvalue weighted by Crippen LogP contribution is 2.19. The van der Waals surface area contributed by atoms with E-state index in [9.17, 15) is 13.2 Å². The van der Waals surface area contributed by atoms with Crippen LogP contribution in [0.5, 0.6) is 0 Å². The number of amides is 1. The van der Waals surface area contributed by atoms with E-state index in [2.05, 4.69) is 5.32 Å². The van der Waals surface area contributed by atoms with Crippen molar-refractivity contribution in [2.75, 3.05) is 12.8 Å². The summed E-state index contributed by atoms with van der Waals surface area (Å²) < 4.78 is 22.2. The van der Waals surface area contributed by atoms with E-state index in [1.54, 1.807) is 45.0 Å². The van der Waals surface area contributed by atoms with E-state index in [0.717, 1.165) is 6.26 Å². The zero-order valence-corrected chi connectivity index (χ0v) is 13.1. The zero-order valence-electron chi connectivity index (χ0n) is 12.3. The van der Waals surface area contributed by atoms with Gasteiger partial charge in [0.15, 0.2) is 9.84 Å². The highest BCUT2D eigenvalue weighted by molar-refractivity contribution is 7.92. The van der Waals surface area contributed by atoms with Gasteiger partial charge in [-0.05, 0) is 26.3 Å². The van der Waals surface area contributed by atoms with E-state index in [1.807, 2.05) is 6.07 Å². The lowest BCUT2D eigenvalue weighted by Gasteiger charge is -2.28. The van der Waals surface area contributed by atoms with Gasteiger partial charge in [-0.1, -0.05) is 30.3 Å². The number of carbonyl (C=O) groups is 1. The molecule has 0 fully saturated rings. The van der Waals surface area contributed by atoms with Crippen LogP contribution < -0.4 is 11.1 Å². The van der Waals surface area contributed by atoms with Gasteiger partial charge < -0.3 is 11.1 Å². The molecule has 6 heteroatoms. The first kappa shape index (κ1) is 16.7. The average Bonchev–Trinajstić information content (AvgIpc) is 2.35. The predicted molar refractivity (Wildman–Crippen MR) is 79.9 cm³/mol. The molecule has 0 aromatic heterocycles. The SMILES string of the molecule is CC(N)(C(=O)NCC(C)(C)S(C)(=O)=O)c1ccccc1. The molecule has 1 atom stereocenters. The van der Waals surface area contributed by atoms with Crippen LogP contribution in [0.3, 0.4) is 0 Å². The molecule has 3 N–H and O–H groups in total.